The van der Waals surface area contributed by atoms with Gasteiger partial charge in [0.05, 0.1) is 29.4 Å². The van der Waals surface area contributed by atoms with Crippen LogP contribution >= 0.6 is 11.3 Å². The molecule has 0 aliphatic carbocycles. The number of rotatable bonds is 4. The maximum absolute atomic E-state index is 12.2. The van der Waals surface area contributed by atoms with Gasteiger partial charge in [0.25, 0.3) is 0 Å². The lowest BCUT2D eigenvalue weighted by Gasteiger charge is -2.04. The predicted molar refractivity (Wildman–Crippen MR) is 102 cm³/mol. The molecule has 0 N–H and O–H groups in total. The minimum Gasteiger partial charge on any atom is -0.435 e. The molecule has 1 aromatic carbocycles. The molecular weight excluding hydrogens is 372 g/mol. The molecule has 9 heteroatoms. The number of imidazole rings is 2. The van der Waals surface area contributed by atoms with Gasteiger partial charge in [0, 0.05) is 37.1 Å². The Labute approximate surface area is 160 Å². The van der Waals surface area contributed by atoms with Crippen molar-refractivity contribution in [2.24, 2.45) is 7.05 Å². The molecule has 0 amide bonds. The van der Waals surface area contributed by atoms with E-state index >= 15 is 0 Å². The fourth-order valence-electron chi connectivity index (χ4n) is 2.27. The summed E-state index contributed by atoms with van der Waals surface area (Å²) >= 11 is 1.60. The highest BCUT2D eigenvalue weighted by Gasteiger charge is 2.11. The highest BCUT2D eigenvalue weighted by molar-refractivity contribution is 7.07. The quantitative estimate of drug-likeness (QED) is 0.509. The Morgan fingerprint density at radius 1 is 1.19 bits per heavy atom. The van der Waals surface area contributed by atoms with Crippen molar-refractivity contribution < 1.29 is 13.5 Å². The zero-order valence-electron chi connectivity index (χ0n) is 15.3. The van der Waals surface area contributed by atoms with E-state index in [1.807, 2.05) is 41.6 Å². The molecule has 0 saturated carbocycles. The number of hydrogen-bond acceptors (Lipinski definition) is 5. The molecule has 27 heavy (non-hydrogen) atoms. The van der Waals surface area contributed by atoms with Crippen molar-refractivity contribution in [3.05, 3.63) is 59.8 Å². The van der Waals surface area contributed by atoms with Gasteiger partial charge in [0.1, 0.15) is 11.6 Å². The van der Waals surface area contributed by atoms with Gasteiger partial charge in [-0.1, -0.05) is 13.8 Å². The van der Waals surface area contributed by atoms with Crippen molar-refractivity contribution in [1.29, 1.82) is 0 Å². The first-order valence-electron chi connectivity index (χ1n) is 8.31. The third-order valence-electron chi connectivity index (χ3n) is 3.40. The van der Waals surface area contributed by atoms with E-state index in [1.54, 1.807) is 41.6 Å². The van der Waals surface area contributed by atoms with E-state index in [9.17, 15) is 8.78 Å². The van der Waals surface area contributed by atoms with Crippen LogP contribution in [-0.2, 0) is 13.6 Å². The minimum atomic E-state index is -2.83. The number of aromatic nitrogens is 5. The second-order valence-corrected chi connectivity index (χ2v) is 5.78. The molecule has 0 saturated heterocycles. The van der Waals surface area contributed by atoms with Crippen LogP contribution in [0.2, 0.25) is 0 Å². The smallest absolute Gasteiger partial charge is 0.387 e. The topological polar surface area (TPSA) is 57.8 Å². The molecule has 3 aromatic heterocycles. The molecule has 0 unspecified atom stereocenters. The molecule has 0 aliphatic heterocycles. The normalized spacial score (nSPS) is 10.1. The molecule has 6 nitrogen and oxygen atoms in total. The van der Waals surface area contributed by atoms with Crippen LogP contribution in [-0.4, -0.2) is 30.7 Å². The lowest BCUT2D eigenvalue weighted by molar-refractivity contribution is -0.0497. The maximum Gasteiger partial charge on any atom is 0.387 e. The molecule has 0 spiro atoms. The number of hydrogen-bond donors (Lipinski definition) is 0. The Morgan fingerprint density at radius 3 is 2.56 bits per heavy atom. The summed E-state index contributed by atoms with van der Waals surface area (Å²) in [5.41, 5.74) is 3.28. The van der Waals surface area contributed by atoms with Crippen LogP contribution in [0.4, 0.5) is 8.78 Å². The molecule has 3 heterocycles. The summed E-state index contributed by atoms with van der Waals surface area (Å²) in [5, 5.41) is 1.93. The Morgan fingerprint density at radius 2 is 2.00 bits per heavy atom. The molecule has 0 radical (unpaired) electrons. The number of halogens is 2. The number of nitrogens with zero attached hydrogens (tertiary/aromatic N) is 5. The zero-order chi connectivity index (χ0) is 19.6. The summed E-state index contributed by atoms with van der Waals surface area (Å²) in [6.45, 7) is 1.73. The number of fused-ring (bicyclic) bond motifs is 1. The molecule has 0 bridgehead atoms. The molecule has 4 aromatic rings. The Bertz CT molecular complexity index is 890. The van der Waals surface area contributed by atoms with E-state index in [0.29, 0.717) is 12.1 Å². The summed E-state index contributed by atoms with van der Waals surface area (Å²) in [7, 11) is 1.88. The van der Waals surface area contributed by atoms with Crippen LogP contribution in [0.25, 0.3) is 11.0 Å². The van der Waals surface area contributed by atoms with Gasteiger partial charge in [-0.15, -0.1) is 11.3 Å². The number of ether oxygens (including phenoxy) is 1. The van der Waals surface area contributed by atoms with Crippen molar-refractivity contribution >= 4 is 22.4 Å². The Balaban J connectivity index is 0.000000318. The molecule has 0 aliphatic rings. The first-order chi connectivity index (χ1) is 13.1. The number of aryl methyl sites for hydroxylation is 1. The van der Waals surface area contributed by atoms with E-state index in [-0.39, 0.29) is 5.75 Å². The third kappa shape index (κ3) is 5.85. The second kappa shape index (κ2) is 10.4. The highest BCUT2D eigenvalue weighted by atomic mass is 32.1. The number of benzene rings is 1. The van der Waals surface area contributed by atoms with E-state index in [2.05, 4.69) is 19.7 Å². The van der Waals surface area contributed by atoms with E-state index in [1.165, 1.54) is 12.1 Å². The average molecular weight is 393 g/mol. The van der Waals surface area contributed by atoms with Crippen LogP contribution < -0.4 is 4.74 Å². The summed E-state index contributed by atoms with van der Waals surface area (Å²) < 4.78 is 32.6. The monoisotopic (exact) mass is 393 g/mol. The lowest BCUT2D eigenvalue weighted by atomic mass is 10.3. The van der Waals surface area contributed by atoms with E-state index in [4.69, 9.17) is 0 Å². The van der Waals surface area contributed by atoms with Gasteiger partial charge in [-0.2, -0.15) is 8.78 Å². The SMILES string of the molecule is CC.Cn1c(Cn2ccnc2)nc2cc(OC(F)F)ccc21.c1cscn1. The molecule has 144 valence electrons. The average Bonchev–Trinajstić information content (AvgIpc) is 3.42. The fraction of sp³-hybridized carbons (Fsp3) is 0.278. The van der Waals surface area contributed by atoms with E-state index in [0.717, 1.165) is 11.3 Å². The van der Waals surface area contributed by atoms with Gasteiger partial charge >= 0.3 is 6.61 Å². The van der Waals surface area contributed by atoms with Crippen LogP contribution in [0.5, 0.6) is 5.75 Å². The molecule has 4 rings (SSSR count). The van der Waals surface area contributed by atoms with Gasteiger partial charge in [0.2, 0.25) is 0 Å². The van der Waals surface area contributed by atoms with Crippen molar-refractivity contribution in [2.45, 2.75) is 27.0 Å². The number of thiazole rings is 1. The summed E-state index contributed by atoms with van der Waals surface area (Å²) in [5.74, 6) is 0.923. The lowest BCUT2D eigenvalue weighted by Crippen LogP contribution is -2.04. The van der Waals surface area contributed by atoms with Crippen molar-refractivity contribution in [3.63, 3.8) is 0 Å². The van der Waals surface area contributed by atoms with Crippen LogP contribution in [0.1, 0.15) is 19.7 Å². The van der Waals surface area contributed by atoms with Crippen molar-refractivity contribution in [1.82, 2.24) is 24.1 Å². The maximum atomic E-state index is 12.2. The van der Waals surface area contributed by atoms with Gasteiger partial charge in [-0.25, -0.2) is 9.97 Å². The van der Waals surface area contributed by atoms with E-state index < -0.39 is 6.61 Å². The summed E-state index contributed by atoms with van der Waals surface area (Å²) in [6, 6.07) is 4.74. The second-order valence-electron chi connectivity index (χ2n) is 5.03. The molecule has 0 fully saturated rings. The Kier molecular flexibility index (Phi) is 7.87. The van der Waals surface area contributed by atoms with Crippen LogP contribution in [0.15, 0.2) is 54.0 Å². The van der Waals surface area contributed by atoms with Gasteiger partial charge in [-0.05, 0) is 12.1 Å². The first kappa shape index (κ1) is 20.5. The molecule has 0 atom stereocenters. The highest BCUT2D eigenvalue weighted by Crippen LogP contribution is 2.22. The van der Waals surface area contributed by atoms with Crippen LogP contribution in [0.3, 0.4) is 0 Å². The third-order valence-corrected chi connectivity index (χ3v) is 3.92. The van der Waals surface area contributed by atoms with Gasteiger partial charge < -0.3 is 13.9 Å². The first-order valence-corrected chi connectivity index (χ1v) is 9.26. The van der Waals surface area contributed by atoms with Gasteiger partial charge in [0.15, 0.2) is 0 Å². The largest absolute Gasteiger partial charge is 0.435 e. The minimum absolute atomic E-state index is 0.111. The molecular formula is C18H21F2N5OS. The number of alkyl halides is 2. The summed E-state index contributed by atoms with van der Waals surface area (Å²) in [4.78, 5) is 12.2. The standard InChI is InChI=1S/C13H12F2N4O.C3H3NS.C2H6/c1-18-11-3-2-9(20-13(14)15)6-10(11)17-12(18)7-19-5-4-16-8-19;1-2-5-3-4-1;1-2/h2-6,8,13H,7H2,1H3;1-3H;1-2H3. The zero-order valence-corrected chi connectivity index (χ0v) is 16.1. The van der Waals surface area contributed by atoms with Gasteiger partial charge in [-0.3, -0.25) is 4.98 Å². The fourth-order valence-corrected chi connectivity index (χ4v) is 2.62. The van der Waals surface area contributed by atoms with Crippen molar-refractivity contribution in [3.8, 4) is 5.75 Å². The van der Waals surface area contributed by atoms with Crippen LogP contribution in [0, 0.1) is 0 Å². The summed E-state index contributed by atoms with van der Waals surface area (Å²) in [6.07, 6.45) is 7.00. The predicted octanol–water partition coefficient (Wildman–Crippen LogP) is 4.59. The Hall–Kier alpha value is -2.81. The van der Waals surface area contributed by atoms with Crippen molar-refractivity contribution in [2.75, 3.05) is 0 Å².